The van der Waals surface area contributed by atoms with Gasteiger partial charge in [-0.1, -0.05) is 54.2 Å². The van der Waals surface area contributed by atoms with Gasteiger partial charge in [-0.2, -0.15) is 4.98 Å². The van der Waals surface area contributed by atoms with Crippen LogP contribution in [0.4, 0.5) is 0 Å². The van der Waals surface area contributed by atoms with Gasteiger partial charge in [-0.05, 0) is 12.5 Å². The zero-order valence-electron chi connectivity index (χ0n) is 10.8. The smallest absolute Gasteiger partial charge is 0.231 e. The summed E-state index contributed by atoms with van der Waals surface area (Å²) in [4.78, 5) is 4.23. The Labute approximate surface area is 103 Å². The van der Waals surface area contributed by atoms with Crippen molar-refractivity contribution in [2.24, 2.45) is 0 Å². The zero-order chi connectivity index (χ0) is 12.5. The van der Waals surface area contributed by atoms with Gasteiger partial charge in [0.15, 0.2) is 5.82 Å². The van der Waals surface area contributed by atoms with E-state index in [-0.39, 0.29) is 0 Å². The van der Waals surface area contributed by atoms with Crippen LogP contribution < -0.4 is 5.19 Å². The van der Waals surface area contributed by atoms with Gasteiger partial charge in [-0.25, -0.2) is 0 Å². The van der Waals surface area contributed by atoms with Gasteiger partial charge < -0.3 is 4.52 Å². The van der Waals surface area contributed by atoms with Crippen molar-refractivity contribution in [2.75, 3.05) is 0 Å². The molecular weight excluding hydrogens is 228 g/mol. The van der Waals surface area contributed by atoms with Crippen molar-refractivity contribution in [2.45, 2.75) is 33.0 Å². The number of aryl methyl sites for hydroxylation is 1. The summed E-state index contributed by atoms with van der Waals surface area (Å²) in [6.07, 6.45) is 0.721. The predicted octanol–water partition coefficient (Wildman–Crippen LogP) is 2.51. The monoisotopic (exact) mass is 246 g/mol. The fourth-order valence-electron chi connectivity index (χ4n) is 1.73. The number of aromatic nitrogens is 2. The first-order valence-corrected chi connectivity index (χ1v) is 9.34. The second kappa shape index (κ2) is 4.45. The lowest BCUT2D eigenvalue weighted by molar-refractivity contribution is 0.381. The maximum Gasteiger partial charge on any atom is 0.231 e. The molecule has 0 N–H and O–H groups in total. The van der Waals surface area contributed by atoms with Crippen molar-refractivity contribution in [3.63, 3.8) is 0 Å². The molecule has 0 bridgehead atoms. The lowest BCUT2D eigenvalue weighted by Crippen LogP contribution is -2.37. The maximum atomic E-state index is 5.14. The SMILES string of the molecule is Cc1noc(Cc2cccc([Si](C)(C)C)c2)n1. The predicted molar refractivity (Wildman–Crippen MR) is 71.3 cm³/mol. The van der Waals surface area contributed by atoms with Gasteiger partial charge in [-0.15, -0.1) is 0 Å². The Balaban J connectivity index is 2.22. The summed E-state index contributed by atoms with van der Waals surface area (Å²) >= 11 is 0. The molecule has 2 rings (SSSR count). The molecule has 3 nitrogen and oxygen atoms in total. The molecule has 0 atom stereocenters. The summed E-state index contributed by atoms with van der Waals surface area (Å²) in [5.41, 5.74) is 1.24. The standard InChI is InChI=1S/C13H18N2OSi/c1-10-14-13(16-15-10)9-11-6-5-7-12(8-11)17(2,3)4/h5-8H,9H2,1-4H3. The molecule has 1 heterocycles. The van der Waals surface area contributed by atoms with Crippen molar-refractivity contribution in [1.29, 1.82) is 0 Å². The highest BCUT2D eigenvalue weighted by atomic mass is 28.3. The molecule has 0 saturated heterocycles. The van der Waals surface area contributed by atoms with Crippen LogP contribution in [0.5, 0.6) is 0 Å². The Morgan fingerprint density at radius 1 is 1.24 bits per heavy atom. The first-order valence-electron chi connectivity index (χ1n) is 5.84. The highest BCUT2D eigenvalue weighted by Crippen LogP contribution is 2.09. The van der Waals surface area contributed by atoms with Gasteiger partial charge in [0, 0.05) is 0 Å². The van der Waals surface area contributed by atoms with E-state index in [1.165, 1.54) is 10.8 Å². The van der Waals surface area contributed by atoms with Crippen molar-refractivity contribution in [3.05, 3.63) is 41.5 Å². The third-order valence-electron chi connectivity index (χ3n) is 2.72. The molecule has 0 amide bonds. The fraction of sp³-hybridized carbons (Fsp3) is 0.385. The summed E-state index contributed by atoms with van der Waals surface area (Å²) in [5.74, 6) is 1.39. The molecular formula is C13H18N2OSi. The van der Waals surface area contributed by atoms with Gasteiger partial charge in [0.1, 0.15) is 0 Å². The molecule has 0 saturated carbocycles. The molecule has 0 fully saturated rings. The van der Waals surface area contributed by atoms with Crippen LogP contribution in [0.1, 0.15) is 17.3 Å². The lowest BCUT2D eigenvalue weighted by atomic mass is 10.1. The Morgan fingerprint density at radius 3 is 2.59 bits per heavy atom. The average molecular weight is 246 g/mol. The van der Waals surface area contributed by atoms with Gasteiger partial charge in [0.25, 0.3) is 0 Å². The fourth-order valence-corrected chi connectivity index (χ4v) is 2.95. The van der Waals surface area contributed by atoms with Gasteiger partial charge >= 0.3 is 0 Å². The van der Waals surface area contributed by atoms with Crippen LogP contribution in [0.2, 0.25) is 19.6 Å². The summed E-state index contributed by atoms with van der Waals surface area (Å²) in [6.45, 7) is 8.89. The van der Waals surface area contributed by atoms with Crippen molar-refractivity contribution < 1.29 is 4.52 Å². The summed E-state index contributed by atoms with van der Waals surface area (Å²) in [5, 5.41) is 5.27. The molecule has 0 radical (unpaired) electrons. The number of nitrogens with zero attached hydrogens (tertiary/aromatic N) is 2. The number of hydrogen-bond acceptors (Lipinski definition) is 3. The van der Waals surface area contributed by atoms with E-state index >= 15 is 0 Å². The van der Waals surface area contributed by atoms with E-state index in [2.05, 4.69) is 54.0 Å². The van der Waals surface area contributed by atoms with E-state index in [1.54, 1.807) is 0 Å². The molecule has 1 aromatic heterocycles. The van der Waals surface area contributed by atoms with Gasteiger partial charge in [0.2, 0.25) is 5.89 Å². The second-order valence-electron chi connectivity index (χ2n) is 5.36. The van der Waals surface area contributed by atoms with Crippen LogP contribution in [-0.2, 0) is 6.42 Å². The van der Waals surface area contributed by atoms with E-state index in [4.69, 9.17) is 4.52 Å². The minimum Gasteiger partial charge on any atom is -0.339 e. The maximum absolute atomic E-state index is 5.14. The van der Waals surface area contributed by atoms with Crippen molar-refractivity contribution >= 4 is 13.3 Å². The van der Waals surface area contributed by atoms with Crippen molar-refractivity contribution in [1.82, 2.24) is 10.1 Å². The first-order chi connectivity index (χ1) is 7.95. The first kappa shape index (κ1) is 12.0. The molecule has 0 aliphatic heterocycles. The largest absolute Gasteiger partial charge is 0.339 e. The molecule has 2 aromatic rings. The molecule has 90 valence electrons. The Morgan fingerprint density at radius 2 is 2.00 bits per heavy atom. The topological polar surface area (TPSA) is 38.9 Å². The second-order valence-corrected chi connectivity index (χ2v) is 10.4. The molecule has 0 aliphatic carbocycles. The zero-order valence-corrected chi connectivity index (χ0v) is 11.8. The highest BCUT2D eigenvalue weighted by Gasteiger charge is 2.16. The third kappa shape index (κ3) is 3.03. The van der Waals surface area contributed by atoms with E-state index < -0.39 is 8.07 Å². The summed E-state index contributed by atoms with van der Waals surface area (Å²) in [6, 6.07) is 8.72. The van der Waals surface area contributed by atoms with E-state index in [9.17, 15) is 0 Å². The van der Waals surface area contributed by atoms with E-state index in [0.29, 0.717) is 11.7 Å². The average Bonchev–Trinajstić information content (AvgIpc) is 2.63. The Bertz CT molecular complexity index is 514. The van der Waals surface area contributed by atoms with E-state index in [0.717, 1.165) is 6.42 Å². The molecule has 4 heteroatoms. The quantitative estimate of drug-likeness (QED) is 0.781. The number of hydrogen-bond donors (Lipinski definition) is 0. The van der Waals surface area contributed by atoms with Crippen LogP contribution in [0, 0.1) is 6.92 Å². The van der Waals surface area contributed by atoms with Crippen LogP contribution in [0.3, 0.4) is 0 Å². The minimum absolute atomic E-state index is 0.690. The van der Waals surface area contributed by atoms with E-state index in [1.807, 2.05) is 6.92 Å². The van der Waals surface area contributed by atoms with Gasteiger partial charge in [-0.3, -0.25) is 0 Å². The molecule has 0 spiro atoms. The lowest BCUT2D eigenvalue weighted by Gasteiger charge is -2.17. The Kier molecular flexibility index (Phi) is 3.15. The Hall–Kier alpha value is -1.42. The summed E-state index contributed by atoms with van der Waals surface area (Å²) < 4.78 is 5.14. The minimum atomic E-state index is -1.24. The number of rotatable bonds is 3. The molecule has 1 aromatic carbocycles. The van der Waals surface area contributed by atoms with Crippen LogP contribution in [-0.4, -0.2) is 18.2 Å². The molecule has 0 unspecified atom stereocenters. The van der Waals surface area contributed by atoms with Crippen LogP contribution in [0.25, 0.3) is 0 Å². The highest BCUT2D eigenvalue weighted by molar-refractivity contribution is 6.88. The van der Waals surface area contributed by atoms with Crippen LogP contribution in [0.15, 0.2) is 28.8 Å². The van der Waals surface area contributed by atoms with Crippen molar-refractivity contribution in [3.8, 4) is 0 Å². The summed E-state index contributed by atoms with van der Waals surface area (Å²) in [7, 11) is -1.24. The number of benzene rings is 1. The third-order valence-corrected chi connectivity index (χ3v) is 4.76. The van der Waals surface area contributed by atoms with Gasteiger partial charge in [0.05, 0.1) is 14.5 Å². The van der Waals surface area contributed by atoms with Crippen LogP contribution >= 0.6 is 0 Å². The normalized spacial score (nSPS) is 11.8. The molecule has 0 aliphatic rings. The molecule has 17 heavy (non-hydrogen) atoms.